The van der Waals surface area contributed by atoms with Gasteiger partial charge in [-0.15, -0.1) is 0 Å². The Morgan fingerprint density at radius 3 is 2.31 bits per heavy atom. The summed E-state index contributed by atoms with van der Waals surface area (Å²) in [5, 5.41) is 0. The summed E-state index contributed by atoms with van der Waals surface area (Å²) < 4.78 is 43.4. The largest absolute Gasteiger partial charge is 0.496 e. The van der Waals surface area contributed by atoms with Gasteiger partial charge in [0, 0.05) is 5.56 Å². The number of benzene rings is 1. The molecule has 0 spiro atoms. The molecule has 1 aromatic carbocycles. The molecule has 0 aliphatic heterocycles. The van der Waals surface area contributed by atoms with Crippen molar-refractivity contribution >= 4 is 0 Å². The summed E-state index contributed by atoms with van der Waals surface area (Å²) in [6, 6.07) is 1.97. The van der Waals surface area contributed by atoms with Crippen LogP contribution in [0.4, 0.5) is 13.2 Å². The molecule has 0 radical (unpaired) electrons. The lowest BCUT2D eigenvalue weighted by molar-refractivity contribution is 0.146. The number of hydrogen-bond acceptors (Lipinski definition) is 2. The number of methoxy groups -OCH3 is 1. The van der Waals surface area contributed by atoms with Crippen molar-refractivity contribution in [3.05, 3.63) is 29.1 Å². The molecule has 1 unspecified atom stereocenters. The van der Waals surface area contributed by atoms with E-state index < -0.39 is 17.8 Å². The van der Waals surface area contributed by atoms with Crippen LogP contribution in [0.5, 0.6) is 5.75 Å². The maximum absolute atomic E-state index is 13.2. The molecule has 5 heteroatoms. The first kappa shape index (κ1) is 12.8. The van der Waals surface area contributed by atoms with E-state index in [2.05, 4.69) is 0 Å². The van der Waals surface area contributed by atoms with Crippen LogP contribution < -0.4 is 10.5 Å². The summed E-state index contributed by atoms with van der Waals surface area (Å²) in [7, 11) is 1.28. The zero-order chi connectivity index (χ0) is 12.3. The van der Waals surface area contributed by atoms with E-state index in [1.165, 1.54) is 13.2 Å². The fraction of sp³-hybridized carbons (Fsp3) is 0.455. The predicted molar refractivity (Wildman–Crippen MR) is 55.4 cm³/mol. The van der Waals surface area contributed by atoms with Gasteiger partial charge < -0.3 is 10.5 Å². The Kier molecular flexibility index (Phi) is 4.18. The van der Waals surface area contributed by atoms with Crippen LogP contribution in [-0.4, -0.2) is 13.7 Å². The van der Waals surface area contributed by atoms with Crippen molar-refractivity contribution in [1.29, 1.82) is 0 Å². The Morgan fingerprint density at radius 2 is 1.88 bits per heavy atom. The molecule has 0 aliphatic carbocycles. The van der Waals surface area contributed by atoms with E-state index >= 15 is 0 Å². The highest BCUT2D eigenvalue weighted by Gasteiger charge is 2.21. The molecule has 0 fully saturated rings. The second-order valence-corrected chi connectivity index (χ2v) is 3.55. The first-order valence-electron chi connectivity index (χ1n) is 4.86. The van der Waals surface area contributed by atoms with E-state index in [0.29, 0.717) is 5.56 Å². The van der Waals surface area contributed by atoms with Crippen molar-refractivity contribution in [2.45, 2.75) is 19.3 Å². The first-order chi connectivity index (χ1) is 7.51. The molecule has 90 valence electrons. The zero-order valence-electron chi connectivity index (χ0n) is 9.14. The molecule has 0 heterocycles. The van der Waals surface area contributed by atoms with Crippen LogP contribution in [0.15, 0.2) is 12.1 Å². The maximum Gasteiger partial charge on any atom is 0.267 e. The van der Waals surface area contributed by atoms with Crippen LogP contribution in [0.25, 0.3) is 0 Å². The Balaban J connectivity index is 3.35. The molecule has 0 aromatic heterocycles. The molecule has 16 heavy (non-hydrogen) atoms. The summed E-state index contributed by atoms with van der Waals surface area (Å²) in [5.41, 5.74) is 5.38. The van der Waals surface area contributed by atoms with E-state index in [1.54, 1.807) is 6.92 Å². The van der Waals surface area contributed by atoms with Crippen LogP contribution in [0, 0.1) is 5.82 Å². The van der Waals surface area contributed by atoms with Gasteiger partial charge in [-0.2, -0.15) is 0 Å². The predicted octanol–water partition coefficient (Wildman–Crippen LogP) is 2.83. The number of alkyl halides is 2. The minimum Gasteiger partial charge on any atom is -0.496 e. The molecule has 1 rings (SSSR count). The SMILES string of the molecule is COc1c(C(F)F)cc(F)cc1C(C)CN. The summed E-state index contributed by atoms with van der Waals surface area (Å²) in [4.78, 5) is 0. The third-order valence-electron chi connectivity index (χ3n) is 2.43. The third kappa shape index (κ3) is 2.47. The van der Waals surface area contributed by atoms with Gasteiger partial charge in [-0.3, -0.25) is 0 Å². The summed E-state index contributed by atoms with van der Waals surface area (Å²) in [5.74, 6) is -0.913. The monoisotopic (exact) mass is 233 g/mol. The molecule has 2 nitrogen and oxygen atoms in total. The van der Waals surface area contributed by atoms with Crippen molar-refractivity contribution < 1.29 is 17.9 Å². The lowest BCUT2D eigenvalue weighted by Gasteiger charge is -2.17. The highest BCUT2D eigenvalue weighted by atomic mass is 19.3. The average molecular weight is 233 g/mol. The highest BCUT2D eigenvalue weighted by molar-refractivity contribution is 5.44. The molecular weight excluding hydrogens is 219 g/mol. The summed E-state index contributed by atoms with van der Waals surface area (Å²) in [6.45, 7) is 1.97. The van der Waals surface area contributed by atoms with Crippen LogP contribution in [0.1, 0.15) is 30.4 Å². The van der Waals surface area contributed by atoms with E-state index in [1.807, 2.05) is 0 Å². The lowest BCUT2D eigenvalue weighted by Crippen LogP contribution is -2.11. The van der Waals surface area contributed by atoms with Crippen molar-refractivity contribution in [2.24, 2.45) is 5.73 Å². The van der Waals surface area contributed by atoms with E-state index in [0.717, 1.165) is 6.07 Å². The second kappa shape index (κ2) is 5.21. The zero-order valence-corrected chi connectivity index (χ0v) is 9.14. The molecular formula is C11H14F3NO. The van der Waals surface area contributed by atoms with Gasteiger partial charge in [0.05, 0.1) is 12.7 Å². The Bertz CT molecular complexity index is 368. The fourth-order valence-corrected chi connectivity index (χ4v) is 1.53. The Morgan fingerprint density at radius 1 is 1.31 bits per heavy atom. The Hall–Kier alpha value is -1.23. The molecule has 1 atom stereocenters. The fourth-order valence-electron chi connectivity index (χ4n) is 1.53. The average Bonchev–Trinajstić information content (AvgIpc) is 2.26. The van der Waals surface area contributed by atoms with E-state index in [-0.39, 0.29) is 18.2 Å². The number of nitrogens with two attached hydrogens (primary N) is 1. The van der Waals surface area contributed by atoms with Gasteiger partial charge >= 0.3 is 0 Å². The van der Waals surface area contributed by atoms with Crippen LogP contribution in [0.3, 0.4) is 0 Å². The number of hydrogen-bond donors (Lipinski definition) is 1. The van der Waals surface area contributed by atoms with Gasteiger partial charge in [0.15, 0.2) is 0 Å². The van der Waals surface area contributed by atoms with Gasteiger partial charge in [0.2, 0.25) is 0 Å². The molecule has 0 saturated heterocycles. The minimum atomic E-state index is -2.77. The quantitative estimate of drug-likeness (QED) is 0.867. The molecule has 0 bridgehead atoms. The van der Waals surface area contributed by atoms with Crippen molar-refractivity contribution in [2.75, 3.05) is 13.7 Å². The smallest absolute Gasteiger partial charge is 0.267 e. The second-order valence-electron chi connectivity index (χ2n) is 3.55. The Labute approximate surface area is 92.2 Å². The molecule has 2 N–H and O–H groups in total. The van der Waals surface area contributed by atoms with Gasteiger partial charge in [0.25, 0.3) is 6.43 Å². The standard InChI is InChI=1S/C11H14F3NO/c1-6(5-15)8-3-7(12)4-9(11(13)14)10(8)16-2/h3-4,6,11H,5,15H2,1-2H3. The number of ether oxygens (including phenoxy) is 1. The molecule has 0 saturated carbocycles. The summed E-state index contributed by atoms with van der Waals surface area (Å²) in [6.07, 6.45) is -2.77. The molecule has 0 amide bonds. The van der Waals surface area contributed by atoms with Gasteiger partial charge in [-0.05, 0) is 24.6 Å². The maximum atomic E-state index is 13.2. The van der Waals surface area contributed by atoms with Crippen LogP contribution in [-0.2, 0) is 0 Å². The van der Waals surface area contributed by atoms with Crippen molar-refractivity contribution in [3.63, 3.8) is 0 Å². The van der Waals surface area contributed by atoms with Crippen LogP contribution in [0.2, 0.25) is 0 Å². The number of rotatable bonds is 4. The van der Waals surface area contributed by atoms with Gasteiger partial charge in [-0.25, -0.2) is 13.2 Å². The van der Waals surface area contributed by atoms with Gasteiger partial charge in [-0.1, -0.05) is 6.92 Å². The highest BCUT2D eigenvalue weighted by Crippen LogP contribution is 2.36. The van der Waals surface area contributed by atoms with Gasteiger partial charge in [0.1, 0.15) is 11.6 Å². The number of halogens is 3. The van der Waals surface area contributed by atoms with Crippen molar-refractivity contribution in [1.82, 2.24) is 0 Å². The van der Waals surface area contributed by atoms with E-state index in [4.69, 9.17) is 10.5 Å². The van der Waals surface area contributed by atoms with E-state index in [9.17, 15) is 13.2 Å². The first-order valence-corrected chi connectivity index (χ1v) is 4.86. The van der Waals surface area contributed by atoms with Crippen molar-refractivity contribution in [3.8, 4) is 5.75 Å². The van der Waals surface area contributed by atoms with Crippen LogP contribution >= 0.6 is 0 Å². The molecule has 1 aromatic rings. The summed E-state index contributed by atoms with van der Waals surface area (Å²) >= 11 is 0. The lowest BCUT2D eigenvalue weighted by atomic mass is 9.97. The topological polar surface area (TPSA) is 35.2 Å². The normalized spacial score (nSPS) is 12.9. The third-order valence-corrected chi connectivity index (χ3v) is 2.43. The minimum absolute atomic E-state index is 0.0225. The molecule has 0 aliphatic rings.